The summed E-state index contributed by atoms with van der Waals surface area (Å²) in [5.74, 6) is 0.578. The maximum Gasteiger partial charge on any atom is 0.315 e. The van der Waals surface area contributed by atoms with Crippen molar-refractivity contribution in [3.63, 3.8) is 0 Å². The number of fused-ring (bicyclic) bond motifs is 1. The van der Waals surface area contributed by atoms with Crippen molar-refractivity contribution in [2.45, 2.75) is 25.9 Å². The van der Waals surface area contributed by atoms with Crippen molar-refractivity contribution in [3.05, 3.63) is 63.2 Å². The second-order valence-corrected chi connectivity index (χ2v) is 5.87. The molecule has 1 aromatic heterocycles. The summed E-state index contributed by atoms with van der Waals surface area (Å²) in [7, 11) is 0. The highest BCUT2D eigenvalue weighted by molar-refractivity contribution is 5.75. The zero-order chi connectivity index (χ0) is 17.2. The van der Waals surface area contributed by atoms with E-state index in [0.29, 0.717) is 17.8 Å². The Labute approximate surface area is 143 Å². The average Bonchev–Trinajstić information content (AvgIpc) is 3.30. The number of nitrogens with one attached hydrogen (secondary N) is 1. The number of aryl methyl sites for hydroxylation is 1. The maximum atomic E-state index is 11.8. The number of nitro benzene ring substituents is 1. The van der Waals surface area contributed by atoms with Crippen LogP contribution in [0.5, 0.6) is 5.75 Å². The Kier molecular flexibility index (Phi) is 3.85. The van der Waals surface area contributed by atoms with Crippen molar-refractivity contribution >= 4 is 5.69 Å². The number of hydrogen-bond donors (Lipinski definition) is 1. The molecule has 0 spiro atoms. The van der Waals surface area contributed by atoms with Gasteiger partial charge in [-0.05, 0) is 46.9 Å². The average molecular weight is 337 g/mol. The molecule has 0 saturated heterocycles. The van der Waals surface area contributed by atoms with Gasteiger partial charge in [0.1, 0.15) is 6.61 Å². The molecule has 0 bridgehead atoms. The molecule has 0 unspecified atom stereocenters. The monoisotopic (exact) mass is 337 g/mol. The van der Waals surface area contributed by atoms with Gasteiger partial charge in [-0.1, -0.05) is 30.3 Å². The molecule has 8 heteroatoms. The van der Waals surface area contributed by atoms with Gasteiger partial charge in [0.2, 0.25) is 5.75 Å². The third-order valence-electron chi connectivity index (χ3n) is 4.33. The van der Waals surface area contributed by atoms with Gasteiger partial charge in [0.05, 0.1) is 10.5 Å². The highest BCUT2D eigenvalue weighted by atomic mass is 16.6. The first-order valence-corrected chi connectivity index (χ1v) is 7.98. The number of benzene rings is 2. The Morgan fingerprint density at radius 1 is 1.24 bits per heavy atom. The first-order chi connectivity index (χ1) is 12.2. The van der Waals surface area contributed by atoms with E-state index in [1.54, 1.807) is 0 Å². The lowest BCUT2D eigenvalue weighted by molar-refractivity contribution is -0.386. The van der Waals surface area contributed by atoms with E-state index in [-0.39, 0.29) is 23.0 Å². The molecule has 1 N–H and O–H groups in total. The number of nitro groups is 1. The molecular weight excluding hydrogens is 322 g/mol. The SMILES string of the molecule is O=[N+]([O-])c1c2c(cc(-c3nnn[nH]3)c1OCc1ccccc1)CCC2. The minimum Gasteiger partial charge on any atom is -0.481 e. The minimum absolute atomic E-state index is 0.0253. The molecule has 0 saturated carbocycles. The number of ether oxygens (including phenoxy) is 1. The summed E-state index contributed by atoms with van der Waals surface area (Å²) in [6.07, 6.45) is 2.39. The Balaban J connectivity index is 1.83. The fraction of sp³-hybridized carbons (Fsp3) is 0.235. The van der Waals surface area contributed by atoms with Crippen LogP contribution in [0.4, 0.5) is 5.69 Å². The van der Waals surface area contributed by atoms with E-state index in [9.17, 15) is 10.1 Å². The number of aromatic nitrogens is 4. The summed E-state index contributed by atoms with van der Waals surface area (Å²) in [6, 6.07) is 11.4. The number of H-pyrrole nitrogens is 1. The van der Waals surface area contributed by atoms with Gasteiger partial charge >= 0.3 is 5.69 Å². The molecule has 3 aromatic rings. The second-order valence-electron chi connectivity index (χ2n) is 5.87. The van der Waals surface area contributed by atoms with Crippen molar-refractivity contribution in [2.24, 2.45) is 0 Å². The predicted octanol–water partition coefficient (Wildman–Crippen LogP) is 2.84. The summed E-state index contributed by atoms with van der Waals surface area (Å²) in [5, 5.41) is 25.5. The van der Waals surface area contributed by atoms with Crippen molar-refractivity contribution in [3.8, 4) is 17.1 Å². The zero-order valence-electron chi connectivity index (χ0n) is 13.3. The van der Waals surface area contributed by atoms with Crippen LogP contribution >= 0.6 is 0 Å². The Bertz CT molecular complexity index is 910. The predicted molar refractivity (Wildman–Crippen MR) is 89.1 cm³/mol. The van der Waals surface area contributed by atoms with E-state index in [1.165, 1.54) is 0 Å². The molecule has 25 heavy (non-hydrogen) atoms. The molecule has 2 aromatic carbocycles. The fourth-order valence-electron chi connectivity index (χ4n) is 3.22. The van der Waals surface area contributed by atoms with Crippen LogP contribution in [-0.2, 0) is 19.4 Å². The van der Waals surface area contributed by atoms with Crippen molar-refractivity contribution in [2.75, 3.05) is 0 Å². The molecule has 126 valence electrons. The van der Waals surface area contributed by atoms with E-state index in [4.69, 9.17) is 4.74 Å². The largest absolute Gasteiger partial charge is 0.481 e. The lowest BCUT2D eigenvalue weighted by Gasteiger charge is -2.13. The summed E-state index contributed by atoms with van der Waals surface area (Å²) >= 11 is 0. The smallest absolute Gasteiger partial charge is 0.315 e. The van der Waals surface area contributed by atoms with Gasteiger partial charge in [0.25, 0.3) is 0 Å². The van der Waals surface area contributed by atoms with Gasteiger partial charge in [0.15, 0.2) is 5.82 Å². The van der Waals surface area contributed by atoms with Gasteiger partial charge in [-0.2, -0.15) is 0 Å². The molecule has 0 fully saturated rings. The minimum atomic E-state index is -0.363. The van der Waals surface area contributed by atoms with Crippen LogP contribution in [0.1, 0.15) is 23.1 Å². The number of hydrogen-bond acceptors (Lipinski definition) is 6. The number of tetrazole rings is 1. The van der Waals surface area contributed by atoms with E-state index < -0.39 is 0 Å². The van der Waals surface area contributed by atoms with E-state index in [1.807, 2.05) is 36.4 Å². The van der Waals surface area contributed by atoms with Crippen LogP contribution in [0.25, 0.3) is 11.4 Å². The number of rotatable bonds is 5. The standard InChI is InChI=1S/C17H15N5O3/c23-22(24)15-13-8-4-7-12(13)9-14(17-18-20-21-19-17)16(15)25-10-11-5-2-1-3-6-11/h1-3,5-6,9H,4,7-8,10H2,(H,18,19,20,21). The van der Waals surface area contributed by atoms with Crippen molar-refractivity contribution in [1.29, 1.82) is 0 Å². The molecule has 1 aliphatic rings. The summed E-state index contributed by atoms with van der Waals surface area (Å²) in [6.45, 7) is 0.231. The number of aromatic amines is 1. The van der Waals surface area contributed by atoms with E-state index >= 15 is 0 Å². The van der Waals surface area contributed by atoms with Crippen molar-refractivity contribution < 1.29 is 9.66 Å². The Morgan fingerprint density at radius 2 is 2.08 bits per heavy atom. The third-order valence-corrected chi connectivity index (χ3v) is 4.33. The molecular formula is C17H15N5O3. The summed E-state index contributed by atoms with van der Waals surface area (Å²) in [4.78, 5) is 11.4. The highest BCUT2D eigenvalue weighted by Crippen LogP contribution is 2.44. The maximum absolute atomic E-state index is 11.8. The normalized spacial score (nSPS) is 12.8. The van der Waals surface area contributed by atoms with Crippen LogP contribution in [0.3, 0.4) is 0 Å². The molecule has 0 atom stereocenters. The quantitative estimate of drug-likeness (QED) is 0.566. The summed E-state index contributed by atoms with van der Waals surface area (Å²) in [5.41, 5.74) is 3.19. The molecule has 1 aliphatic carbocycles. The fourth-order valence-corrected chi connectivity index (χ4v) is 3.22. The first-order valence-electron chi connectivity index (χ1n) is 7.98. The first kappa shape index (κ1) is 15.3. The zero-order valence-corrected chi connectivity index (χ0v) is 13.3. The van der Waals surface area contributed by atoms with Crippen molar-refractivity contribution in [1.82, 2.24) is 20.6 Å². The molecule has 1 heterocycles. The second kappa shape index (κ2) is 6.31. The van der Waals surface area contributed by atoms with Gasteiger partial charge < -0.3 is 4.74 Å². The van der Waals surface area contributed by atoms with E-state index in [2.05, 4.69) is 20.6 Å². The third kappa shape index (κ3) is 2.82. The lowest BCUT2D eigenvalue weighted by Crippen LogP contribution is -2.05. The van der Waals surface area contributed by atoms with Gasteiger partial charge in [-0.15, -0.1) is 5.10 Å². The van der Waals surface area contributed by atoms with Crippen LogP contribution < -0.4 is 4.74 Å². The highest BCUT2D eigenvalue weighted by Gasteiger charge is 2.31. The topological polar surface area (TPSA) is 107 Å². The van der Waals surface area contributed by atoms with Gasteiger partial charge in [0, 0.05) is 5.56 Å². The Hall–Kier alpha value is -3.29. The molecule has 4 rings (SSSR count). The van der Waals surface area contributed by atoms with Crippen LogP contribution in [0.15, 0.2) is 36.4 Å². The lowest BCUT2D eigenvalue weighted by atomic mass is 10.0. The Morgan fingerprint density at radius 3 is 2.80 bits per heavy atom. The van der Waals surface area contributed by atoms with E-state index in [0.717, 1.165) is 29.5 Å². The molecule has 0 aliphatic heterocycles. The van der Waals surface area contributed by atoms with Gasteiger partial charge in [-0.25, -0.2) is 5.10 Å². The van der Waals surface area contributed by atoms with Crippen LogP contribution in [0, 0.1) is 10.1 Å². The van der Waals surface area contributed by atoms with Crippen LogP contribution in [0.2, 0.25) is 0 Å². The van der Waals surface area contributed by atoms with Crippen LogP contribution in [-0.4, -0.2) is 25.5 Å². The molecule has 8 nitrogen and oxygen atoms in total. The molecule has 0 radical (unpaired) electrons. The summed E-state index contributed by atoms with van der Waals surface area (Å²) < 4.78 is 5.91. The number of nitrogens with zero attached hydrogens (tertiary/aromatic N) is 4. The van der Waals surface area contributed by atoms with Gasteiger partial charge in [-0.3, -0.25) is 10.1 Å². The molecule has 0 amide bonds.